The first-order valence-electron chi connectivity index (χ1n) is 7.44. The quantitative estimate of drug-likeness (QED) is 0.771. The number of rotatable bonds is 5. The molecule has 0 saturated heterocycles. The van der Waals surface area contributed by atoms with Crippen LogP contribution >= 0.6 is 0 Å². The first kappa shape index (κ1) is 16.4. The molecule has 0 aliphatic heterocycles. The van der Waals surface area contributed by atoms with Gasteiger partial charge in [0.25, 0.3) is 0 Å². The Morgan fingerprint density at radius 1 is 1.00 bits per heavy atom. The van der Waals surface area contributed by atoms with Crippen molar-refractivity contribution in [1.82, 2.24) is 14.3 Å². The average Bonchev–Trinajstić information content (AvgIpc) is 2.60. The molecule has 0 saturated carbocycles. The van der Waals surface area contributed by atoms with Crippen molar-refractivity contribution in [3.05, 3.63) is 60.3 Å². The molecule has 0 fully saturated rings. The van der Waals surface area contributed by atoms with Crippen molar-refractivity contribution < 1.29 is 8.42 Å². The van der Waals surface area contributed by atoms with Gasteiger partial charge >= 0.3 is 0 Å². The maximum atomic E-state index is 12.4. The van der Waals surface area contributed by atoms with E-state index in [9.17, 15) is 8.42 Å². The summed E-state index contributed by atoms with van der Waals surface area (Å²) < 4.78 is 26.0. The number of hydrogen-bond donors (Lipinski definition) is 1. The Morgan fingerprint density at radius 3 is 2.42 bits per heavy atom. The van der Waals surface area contributed by atoms with Crippen LogP contribution in [0.15, 0.2) is 59.6 Å². The van der Waals surface area contributed by atoms with E-state index in [1.54, 1.807) is 24.4 Å². The van der Waals surface area contributed by atoms with Crippen molar-refractivity contribution in [3.63, 3.8) is 0 Å². The lowest BCUT2D eigenvalue weighted by Gasteiger charge is -2.15. The number of para-hydroxylation sites is 2. The van der Waals surface area contributed by atoms with E-state index in [1.807, 2.05) is 30.3 Å². The van der Waals surface area contributed by atoms with E-state index in [1.165, 1.54) is 18.4 Å². The molecule has 0 amide bonds. The van der Waals surface area contributed by atoms with Gasteiger partial charge in [-0.2, -0.15) is 0 Å². The third-order valence-corrected chi connectivity index (χ3v) is 5.56. The number of aromatic nitrogens is 2. The fourth-order valence-corrected chi connectivity index (χ4v) is 3.44. The molecule has 0 aliphatic rings. The molecule has 0 spiro atoms. The van der Waals surface area contributed by atoms with Gasteiger partial charge in [-0.15, -0.1) is 0 Å². The minimum absolute atomic E-state index is 0.288. The Kier molecular flexibility index (Phi) is 4.46. The molecule has 1 aromatic heterocycles. The van der Waals surface area contributed by atoms with Gasteiger partial charge in [0.15, 0.2) is 0 Å². The predicted molar refractivity (Wildman–Crippen MR) is 94.2 cm³/mol. The minimum atomic E-state index is -3.49. The van der Waals surface area contributed by atoms with Crippen LogP contribution in [0.4, 0.5) is 5.82 Å². The van der Waals surface area contributed by atoms with E-state index in [2.05, 4.69) is 15.3 Å². The molecule has 3 aromatic rings. The monoisotopic (exact) mass is 342 g/mol. The summed E-state index contributed by atoms with van der Waals surface area (Å²) in [7, 11) is -0.445. The Bertz CT molecular complexity index is 971. The number of benzene rings is 2. The molecular weight excluding hydrogens is 324 g/mol. The number of nitrogens with zero attached hydrogens (tertiary/aromatic N) is 3. The standard InChI is InChI=1S/C17H18N4O2S/c1-21(2)24(22,23)16-10-6-3-7-13(16)11-19-17-12-18-14-8-4-5-9-15(14)20-17/h3-10,12H,11H2,1-2H3,(H,19,20). The molecule has 0 bridgehead atoms. The normalized spacial score (nSPS) is 11.8. The maximum Gasteiger partial charge on any atom is 0.242 e. The summed E-state index contributed by atoms with van der Waals surface area (Å²) in [5.41, 5.74) is 2.29. The van der Waals surface area contributed by atoms with Gasteiger partial charge in [-0.1, -0.05) is 30.3 Å². The van der Waals surface area contributed by atoms with E-state index in [0.29, 0.717) is 17.9 Å². The van der Waals surface area contributed by atoms with Gasteiger partial charge in [0, 0.05) is 20.6 Å². The molecule has 2 aromatic carbocycles. The number of anilines is 1. The smallest absolute Gasteiger partial charge is 0.242 e. The van der Waals surface area contributed by atoms with Gasteiger partial charge in [-0.05, 0) is 23.8 Å². The zero-order valence-electron chi connectivity index (χ0n) is 13.5. The summed E-state index contributed by atoms with van der Waals surface area (Å²) in [4.78, 5) is 9.11. The molecular formula is C17H18N4O2S. The van der Waals surface area contributed by atoms with Crippen molar-refractivity contribution >= 4 is 26.9 Å². The molecule has 1 N–H and O–H groups in total. The van der Waals surface area contributed by atoms with Crippen LogP contribution in [0.25, 0.3) is 11.0 Å². The van der Waals surface area contributed by atoms with Gasteiger partial charge in [0.05, 0.1) is 22.1 Å². The fourth-order valence-electron chi connectivity index (χ4n) is 2.33. The summed E-state index contributed by atoms with van der Waals surface area (Å²) >= 11 is 0. The van der Waals surface area contributed by atoms with Crippen LogP contribution < -0.4 is 5.32 Å². The highest BCUT2D eigenvalue weighted by Gasteiger charge is 2.20. The van der Waals surface area contributed by atoms with Crippen LogP contribution in [-0.4, -0.2) is 36.8 Å². The van der Waals surface area contributed by atoms with Gasteiger partial charge in [0.2, 0.25) is 10.0 Å². The van der Waals surface area contributed by atoms with E-state index in [4.69, 9.17) is 0 Å². The molecule has 0 radical (unpaired) electrons. The molecule has 1 heterocycles. The van der Waals surface area contributed by atoms with Crippen LogP contribution in [0.2, 0.25) is 0 Å². The van der Waals surface area contributed by atoms with Crippen LogP contribution in [0.3, 0.4) is 0 Å². The van der Waals surface area contributed by atoms with Crippen molar-refractivity contribution in [2.45, 2.75) is 11.4 Å². The maximum absolute atomic E-state index is 12.4. The molecule has 7 heteroatoms. The summed E-state index contributed by atoms with van der Waals surface area (Å²) in [6.45, 7) is 0.344. The zero-order chi connectivity index (χ0) is 17.2. The van der Waals surface area contributed by atoms with Crippen molar-refractivity contribution in [1.29, 1.82) is 0 Å². The summed E-state index contributed by atoms with van der Waals surface area (Å²) in [6.07, 6.45) is 1.64. The van der Waals surface area contributed by atoms with Crippen molar-refractivity contribution in [3.8, 4) is 0 Å². The summed E-state index contributed by atoms with van der Waals surface area (Å²) in [6, 6.07) is 14.5. The summed E-state index contributed by atoms with van der Waals surface area (Å²) in [5, 5.41) is 3.15. The molecule has 6 nitrogen and oxygen atoms in total. The Balaban J connectivity index is 1.86. The molecule has 24 heavy (non-hydrogen) atoms. The Morgan fingerprint density at radius 2 is 1.67 bits per heavy atom. The van der Waals surface area contributed by atoms with E-state index < -0.39 is 10.0 Å². The van der Waals surface area contributed by atoms with E-state index in [-0.39, 0.29) is 4.90 Å². The van der Waals surface area contributed by atoms with Gasteiger partial charge in [-0.3, -0.25) is 4.98 Å². The lowest BCUT2D eigenvalue weighted by molar-refractivity contribution is 0.520. The van der Waals surface area contributed by atoms with Gasteiger partial charge in [-0.25, -0.2) is 17.7 Å². The average molecular weight is 342 g/mol. The number of hydrogen-bond acceptors (Lipinski definition) is 5. The molecule has 0 atom stereocenters. The fraction of sp³-hybridized carbons (Fsp3) is 0.176. The third kappa shape index (κ3) is 3.22. The second-order valence-electron chi connectivity index (χ2n) is 5.49. The van der Waals surface area contributed by atoms with Crippen LogP contribution in [0.5, 0.6) is 0 Å². The molecule has 124 valence electrons. The number of sulfonamides is 1. The first-order valence-corrected chi connectivity index (χ1v) is 8.88. The highest BCUT2D eigenvalue weighted by atomic mass is 32.2. The SMILES string of the molecule is CN(C)S(=O)(=O)c1ccccc1CNc1cnc2ccccc2n1. The number of fused-ring (bicyclic) bond motifs is 1. The second kappa shape index (κ2) is 6.54. The highest BCUT2D eigenvalue weighted by Crippen LogP contribution is 2.20. The van der Waals surface area contributed by atoms with Crippen LogP contribution in [0.1, 0.15) is 5.56 Å². The minimum Gasteiger partial charge on any atom is -0.365 e. The Labute approximate surface area is 141 Å². The lowest BCUT2D eigenvalue weighted by Crippen LogP contribution is -2.23. The largest absolute Gasteiger partial charge is 0.365 e. The highest BCUT2D eigenvalue weighted by molar-refractivity contribution is 7.89. The van der Waals surface area contributed by atoms with Crippen molar-refractivity contribution in [2.24, 2.45) is 0 Å². The molecule has 3 rings (SSSR count). The Hall–Kier alpha value is -2.51. The second-order valence-corrected chi connectivity index (χ2v) is 7.61. The van der Waals surface area contributed by atoms with Gasteiger partial charge in [0.1, 0.15) is 5.82 Å². The lowest BCUT2D eigenvalue weighted by atomic mass is 10.2. The molecule has 0 aliphatic carbocycles. The van der Waals surface area contributed by atoms with E-state index >= 15 is 0 Å². The predicted octanol–water partition coefficient (Wildman–Crippen LogP) is 2.49. The van der Waals surface area contributed by atoms with Gasteiger partial charge < -0.3 is 5.32 Å². The van der Waals surface area contributed by atoms with E-state index in [0.717, 1.165) is 11.0 Å². The summed E-state index contributed by atoms with van der Waals surface area (Å²) in [5.74, 6) is 0.603. The molecule has 0 unspecified atom stereocenters. The third-order valence-electron chi connectivity index (χ3n) is 3.64. The topological polar surface area (TPSA) is 75.2 Å². The number of nitrogens with one attached hydrogen (secondary N) is 1. The first-order chi connectivity index (χ1) is 11.5. The van der Waals surface area contributed by atoms with Crippen LogP contribution in [-0.2, 0) is 16.6 Å². The van der Waals surface area contributed by atoms with Crippen molar-refractivity contribution in [2.75, 3.05) is 19.4 Å². The zero-order valence-corrected chi connectivity index (χ0v) is 14.3. The van der Waals surface area contributed by atoms with Crippen LogP contribution in [0, 0.1) is 0 Å².